The molecule has 0 aliphatic rings. The fraction of sp³-hybridized carbons (Fsp3) is 0.574. The van der Waals surface area contributed by atoms with Gasteiger partial charge in [0.05, 0.1) is 0 Å². The molecule has 0 aliphatic carbocycles. The van der Waals surface area contributed by atoms with Gasteiger partial charge in [0.1, 0.15) is 13.2 Å². The van der Waals surface area contributed by atoms with Crippen LogP contribution in [0.1, 0.15) is 233 Å². The van der Waals surface area contributed by atoms with Crippen molar-refractivity contribution in [1.29, 1.82) is 0 Å². The quantitative estimate of drug-likeness (QED) is 0.0261. The minimum absolute atomic E-state index is 0.111. The zero-order valence-corrected chi connectivity index (χ0v) is 47.3. The molecular formula is C68H106O6. The summed E-state index contributed by atoms with van der Waals surface area (Å²) in [5, 5.41) is 0. The van der Waals surface area contributed by atoms with Crippen LogP contribution in [0.4, 0.5) is 0 Å². The summed E-state index contributed by atoms with van der Waals surface area (Å²) in [5.74, 6) is -1.01. The largest absolute Gasteiger partial charge is 0.462 e. The lowest BCUT2D eigenvalue weighted by Crippen LogP contribution is -2.30. The van der Waals surface area contributed by atoms with Gasteiger partial charge in [-0.3, -0.25) is 14.4 Å². The van der Waals surface area contributed by atoms with E-state index in [1.54, 1.807) is 0 Å². The SMILES string of the molecule is CC/C=C\C/C=C\C/C=C\C/C=C\C/C=C\C/C=C\C/C=C\C/C=C\C/C=C\CCCC(=O)OCC(COC(=O)CCCCCCCCCCCC)OC(=O)CCCCCC/C=C\C/C=C\C/C=C\C/C=C\CC. The average molecular weight is 1020 g/mol. The molecule has 1 atom stereocenters. The van der Waals surface area contributed by atoms with Crippen LogP contribution < -0.4 is 0 Å². The van der Waals surface area contributed by atoms with E-state index in [4.69, 9.17) is 14.2 Å². The minimum Gasteiger partial charge on any atom is -0.462 e. The number of allylic oxidation sites excluding steroid dienone is 26. The molecule has 0 saturated heterocycles. The minimum atomic E-state index is -0.820. The molecule has 0 aromatic rings. The highest BCUT2D eigenvalue weighted by molar-refractivity contribution is 5.71. The van der Waals surface area contributed by atoms with Crippen LogP contribution in [-0.4, -0.2) is 37.2 Å². The van der Waals surface area contributed by atoms with Crippen LogP contribution in [0.2, 0.25) is 0 Å². The van der Waals surface area contributed by atoms with Crippen LogP contribution in [-0.2, 0) is 28.6 Å². The van der Waals surface area contributed by atoms with Crippen molar-refractivity contribution in [2.45, 2.75) is 239 Å². The highest BCUT2D eigenvalue weighted by Gasteiger charge is 2.19. The van der Waals surface area contributed by atoms with Crippen LogP contribution in [0.3, 0.4) is 0 Å². The molecule has 0 N–H and O–H groups in total. The number of carbonyl (C=O) groups is 3. The summed E-state index contributed by atoms with van der Waals surface area (Å²) >= 11 is 0. The molecule has 0 saturated carbocycles. The Hall–Kier alpha value is -4.97. The van der Waals surface area contributed by atoms with Gasteiger partial charge in [0.25, 0.3) is 0 Å². The maximum Gasteiger partial charge on any atom is 0.306 e. The zero-order valence-electron chi connectivity index (χ0n) is 47.3. The summed E-state index contributed by atoms with van der Waals surface area (Å²) in [6.45, 7) is 6.31. The second-order valence-electron chi connectivity index (χ2n) is 18.8. The molecule has 74 heavy (non-hydrogen) atoms. The van der Waals surface area contributed by atoms with Crippen LogP contribution in [0, 0.1) is 0 Å². The number of ether oxygens (including phenoxy) is 3. The van der Waals surface area contributed by atoms with E-state index in [-0.39, 0.29) is 44.0 Å². The van der Waals surface area contributed by atoms with Gasteiger partial charge in [0, 0.05) is 19.3 Å². The third kappa shape index (κ3) is 57.9. The lowest BCUT2D eigenvalue weighted by molar-refractivity contribution is -0.167. The summed E-state index contributed by atoms with van der Waals surface area (Å²) in [6, 6.07) is 0. The van der Waals surface area contributed by atoms with Gasteiger partial charge in [0.2, 0.25) is 0 Å². The highest BCUT2D eigenvalue weighted by Crippen LogP contribution is 2.13. The van der Waals surface area contributed by atoms with Gasteiger partial charge in [-0.15, -0.1) is 0 Å². The summed E-state index contributed by atoms with van der Waals surface area (Å²) in [4.78, 5) is 38.1. The predicted molar refractivity (Wildman–Crippen MR) is 320 cm³/mol. The Balaban J connectivity index is 4.44. The summed E-state index contributed by atoms with van der Waals surface area (Å²) in [6.07, 6.45) is 88.2. The molecule has 0 amide bonds. The Kier molecular flexibility index (Phi) is 56.5. The number of carbonyl (C=O) groups excluding carboxylic acids is 3. The van der Waals surface area contributed by atoms with Gasteiger partial charge < -0.3 is 14.2 Å². The van der Waals surface area contributed by atoms with Crippen molar-refractivity contribution < 1.29 is 28.6 Å². The van der Waals surface area contributed by atoms with Crippen molar-refractivity contribution in [1.82, 2.24) is 0 Å². The number of unbranched alkanes of at least 4 members (excludes halogenated alkanes) is 14. The molecule has 0 spiro atoms. The van der Waals surface area contributed by atoms with E-state index in [0.717, 1.165) is 141 Å². The van der Waals surface area contributed by atoms with E-state index in [1.165, 1.54) is 44.9 Å². The molecule has 0 fully saturated rings. The van der Waals surface area contributed by atoms with Crippen molar-refractivity contribution >= 4 is 17.9 Å². The Morgan fingerprint density at radius 1 is 0.284 bits per heavy atom. The van der Waals surface area contributed by atoms with Gasteiger partial charge in [-0.25, -0.2) is 0 Å². The normalized spacial score (nSPS) is 13.3. The fourth-order valence-electron chi connectivity index (χ4n) is 7.43. The third-order valence-electron chi connectivity index (χ3n) is 11.8. The van der Waals surface area contributed by atoms with Gasteiger partial charge in [-0.2, -0.15) is 0 Å². The second kappa shape index (κ2) is 60.6. The number of rotatable bonds is 51. The van der Waals surface area contributed by atoms with Crippen LogP contribution in [0.15, 0.2) is 158 Å². The second-order valence-corrected chi connectivity index (χ2v) is 18.8. The maximum absolute atomic E-state index is 12.8. The number of hydrogen-bond donors (Lipinski definition) is 0. The lowest BCUT2D eigenvalue weighted by atomic mass is 10.1. The van der Waals surface area contributed by atoms with Crippen molar-refractivity contribution in [3.63, 3.8) is 0 Å². The van der Waals surface area contributed by atoms with E-state index in [1.807, 2.05) is 0 Å². The molecule has 0 aromatic carbocycles. The van der Waals surface area contributed by atoms with E-state index >= 15 is 0 Å². The summed E-state index contributed by atoms with van der Waals surface area (Å²) in [5.41, 5.74) is 0. The first-order valence-electron chi connectivity index (χ1n) is 29.5. The van der Waals surface area contributed by atoms with Gasteiger partial charge >= 0.3 is 17.9 Å². The Morgan fingerprint density at radius 3 is 0.878 bits per heavy atom. The predicted octanol–water partition coefficient (Wildman–Crippen LogP) is 20.1. The number of hydrogen-bond acceptors (Lipinski definition) is 6. The Labute approximate surface area is 454 Å². The van der Waals surface area contributed by atoms with Crippen LogP contribution in [0.5, 0.6) is 0 Å². The van der Waals surface area contributed by atoms with Crippen molar-refractivity contribution in [2.24, 2.45) is 0 Å². The molecule has 0 rings (SSSR count). The standard InChI is InChI=1S/C68H106O6/c1-4-7-10-13-16-19-22-24-26-28-29-30-31-32-33-34-35-36-37-38-39-41-42-44-46-49-52-55-58-61-67(70)73-64-65(63-72-66(69)60-57-54-51-48-21-18-15-12-9-6-3)74-68(71)62-59-56-53-50-47-45-43-40-27-25-23-20-17-14-11-8-5-2/h7-8,10-11,16-17,19-20,24-27,29-30,32-33,35-36,38-39,42-45,49,52,65H,4-6,9,12-15,18,21-23,28,31,34,37,40-41,46-48,50-51,53-64H2,1-3H3/b10-7-,11-8-,19-16-,20-17-,26-24-,27-25-,30-29-,33-32-,36-35-,39-38-,44-42-,45-43-,52-49-. The fourth-order valence-corrected chi connectivity index (χ4v) is 7.43. The zero-order chi connectivity index (χ0) is 53.6. The molecule has 6 nitrogen and oxygen atoms in total. The van der Waals surface area contributed by atoms with Crippen LogP contribution >= 0.6 is 0 Å². The molecule has 0 radical (unpaired) electrons. The topological polar surface area (TPSA) is 78.9 Å². The molecule has 414 valence electrons. The van der Waals surface area contributed by atoms with Crippen LogP contribution in [0.25, 0.3) is 0 Å². The molecule has 0 aliphatic heterocycles. The van der Waals surface area contributed by atoms with E-state index in [0.29, 0.717) is 12.8 Å². The van der Waals surface area contributed by atoms with Gasteiger partial charge in [0.15, 0.2) is 6.10 Å². The maximum atomic E-state index is 12.8. The van der Waals surface area contributed by atoms with Crippen molar-refractivity contribution in [3.05, 3.63) is 158 Å². The van der Waals surface area contributed by atoms with Crippen molar-refractivity contribution in [2.75, 3.05) is 13.2 Å². The first kappa shape index (κ1) is 69.0. The molecule has 1 unspecified atom stereocenters. The highest BCUT2D eigenvalue weighted by atomic mass is 16.6. The first-order chi connectivity index (χ1) is 36.5. The van der Waals surface area contributed by atoms with Gasteiger partial charge in [-0.05, 0) is 122 Å². The summed E-state index contributed by atoms with van der Waals surface area (Å²) in [7, 11) is 0. The number of esters is 3. The molecule has 0 aromatic heterocycles. The van der Waals surface area contributed by atoms with E-state index < -0.39 is 6.10 Å². The van der Waals surface area contributed by atoms with E-state index in [9.17, 15) is 14.4 Å². The van der Waals surface area contributed by atoms with E-state index in [2.05, 4.69) is 179 Å². The smallest absolute Gasteiger partial charge is 0.306 e. The Morgan fingerprint density at radius 2 is 0.541 bits per heavy atom. The lowest BCUT2D eigenvalue weighted by Gasteiger charge is -2.18. The first-order valence-corrected chi connectivity index (χ1v) is 29.5. The Bertz CT molecular complexity index is 1690. The molecule has 0 bridgehead atoms. The molecule has 6 heteroatoms. The third-order valence-corrected chi connectivity index (χ3v) is 11.8. The summed E-state index contributed by atoms with van der Waals surface area (Å²) < 4.78 is 16.8. The molecule has 0 heterocycles. The monoisotopic (exact) mass is 1020 g/mol. The van der Waals surface area contributed by atoms with Gasteiger partial charge in [-0.1, -0.05) is 249 Å². The van der Waals surface area contributed by atoms with Crippen molar-refractivity contribution in [3.8, 4) is 0 Å². The molecular weight excluding hydrogens is 913 g/mol. The average Bonchev–Trinajstić information content (AvgIpc) is 3.40.